The third kappa shape index (κ3) is 2.06. The van der Waals surface area contributed by atoms with Crippen molar-refractivity contribution < 1.29 is 0 Å². The highest BCUT2D eigenvalue weighted by atomic mass is 13.9. The maximum Gasteiger partial charge on any atom is -0.00594 e. The maximum absolute atomic E-state index is 5.49. The molecule has 0 atom stereocenters. The standard InChI is InChI=1S/C10H10/c1-9(2)8-10-6-4-3-5-7-10/h1,3-8H,2H3/b9-8-. The highest BCUT2D eigenvalue weighted by Gasteiger charge is 1.82. The van der Waals surface area contributed by atoms with Gasteiger partial charge in [-0.15, -0.1) is 0 Å². The lowest BCUT2D eigenvalue weighted by Crippen LogP contribution is -1.69. The van der Waals surface area contributed by atoms with Gasteiger partial charge < -0.3 is 0 Å². The molecule has 0 unspecified atom stereocenters. The SMILES string of the molecule is [CH]/C(C)=C/c1ccccc1. The van der Waals surface area contributed by atoms with E-state index in [1.54, 1.807) is 0 Å². The molecular weight excluding hydrogens is 120 g/mol. The van der Waals surface area contributed by atoms with Crippen LogP contribution in [0.2, 0.25) is 0 Å². The van der Waals surface area contributed by atoms with Gasteiger partial charge in [-0.25, -0.2) is 0 Å². The minimum atomic E-state index is 0.839. The van der Waals surface area contributed by atoms with E-state index in [-0.39, 0.29) is 0 Å². The quantitative estimate of drug-likeness (QED) is 0.548. The minimum absolute atomic E-state index is 0.839. The molecular formula is C10H10. The van der Waals surface area contributed by atoms with Crippen LogP contribution in [0.5, 0.6) is 0 Å². The second-order valence-corrected chi connectivity index (χ2v) is 2.30. The molecule has 0 aromatic heterocycles. The first-order chi connectivity index (χ1) is 4.79. The molecule has 0 nitrogen and oxygen atoms in total. The van der Waals surface area contributed by atoms with Crippen molar-refractivity contribution in [1.82, 2.24) is 0 Å². The predicted octanol–water partition coefficient (Wildman–Crippen LogP) is 2.80. The van der Waals surface area contributed by atoms with Crippen molar-refractivity contribution in [3.05, 3.63) is 48.4 Å². The molecule has 0 heteroatoms. The first-order valence-electron chi connectivity index (χ1n) is 3.28. The molecule has 0 aliphatic carbocycles. The normalized spacial score (nSPS) is 11.6. The molecule has 0 saturated carbocycles. The molecule has 1 rings (SSSR count). The van der Waals surface area contributed by atoms with Crippen LogP contribution < -0.4 is 0 Å². The van der Waals surface area contributed by atoms with Crippen molar-refractivity contribution in [2.45, 2.75) is 6.92 Å². The summed E-state index contributed by atoms with van der Waals surface area (Å²) >= 11 is 0. The first-order valence-corrected chi connectivity index (χ1v) is 3.28. The van der Waals surface area contributed by atoms with E-state index in [0.717, 1.165) is 11.1 Å². The third-order valence-corrected chi connectivity index (χ3v) is 1.19. The Morgan fingerprint density at radius 2 is 1.90 bits per heavy atom. The molecule has 0 N–H and O–H groups in total. The highest BCUT2D eigenvalue weighted by Crippen LogP contribution is 2.03. The Bertz CT molecular complexity index is 215. The summed E-state index contributed by atoms with van der Waals surface area (Å²) in [5, 5.41) is 0. The molecule has 50 valence electrons. The molecule has 0 spiro atoms. The average Bonchev–Trinajstić information content (AvgIpc) is 1.88. The Morgan fingerprint density at radius 1 is 1.30 bits per heavy atom. The zero-order chi connectivity index (χ0) is 7.40. The van der Waals surface area contributed by atoms with Gasteiger partial charge in [-0.3, -0.25) is 0 Å². The topological polar surface area (TPSA) is 0 Å². The van der Waals surface area contributed by atoms with E-state index in [1.807, 2.05) is 43.3 Å². The highest BCUT2D eigenvalue weighted by molar-refractivity contribution is 5.52. The van der Waals surface area contributed by atoms with Crippen LogP contribution in [0, 0.1) is 6.92 Å². The summed E-state index contributed by atoms with van der Waals surface area (Å²) < 4.78 is 0. The predicted molar refractivity (Wildman–Crippen MR) is 44.4 cm³/mol. The summed E-state index contributed by atoms with van der Waals surface area (Å²) in [4.78, 5) is 0. The minimum Gasteiger partial charge on any atom is -0.0684 e. The van der Waals surface area contributed by atoms with E-state index >= 15 is 0 Å². The molecule has 0 heterocycles. The van der Waals surface area contributed by atoms with Crippen LogP contribution in [0.1, 0.15) is 12.5 Å². The Morgan fingerprint density at radius 3 is 2.40 bits per heavy atom. The molecule has 2 radical (unpaired) electrons. The van der Waals surface area contributed by atoms with Gasteiger partial charge in [-0.1, -0.05) is 42.0 Å². The summed E-state index contributed by atoms with van der Waals surface area (Å²) in [5.41, 5.74) is 1.99. The molecule has 0 aliphatic rings. The molecule has 0 saturated heterocycles. The fourth-order valence-corrected chi connectivity index (χ4v) is 0.812. The molecule has 0 amide bonds. The van der Waals surface area contributed by atoms with E-state index in [2.05, 4.69) is 0 Å². The maximum atomic E-state index is 5.49. The molecule has 0 bridgehead atoms. The van der Waals surface area contributed by atoms with Gasteiger partial charge in [-0.2, -0.15) is 0 Å². The van der Waals surface area contributed by atoms with Crippen molar-refractivity contribution >= 4 is 6.08 Å². The van der Waals surface area contributed by atoms with Crippen molar-refractivity contribution in [2.24, 2.45) is 0 Å². The lowest BCUT2D eigenvalue weighted by molar-refractivity contribution is 1.55. The summed E-state index contributed by atoms with van der Waals surface area (Å²) in [6.07, 6.45) is 1.94. The van der Waals surface area contributed by atoms with Gasteiger partial charge in [0.25, 0.3) is 0 Å². The van der Waals surface area contributed by atoms with Gasteiger partial charge in [0.1, 0.15) is 0 Å². The Kier molecular flexibility index (Phi) is 2.27. The van der Waals surface area contributed by atoms with E-state index in [0.29, 0.717) is 0 Å². The van der Waals surface area contributed by atoms with Crippen LogP contribution in [0.25, 0.3) is 6.08 Å². The fraction of sp³-hybridized carbons (Fsp3) is 0.100. The zero-order valence-corrected chi connectivity index (χ0v) is 6.04. The van der Waals surface area contributed by atoms with Gasteiger partial charge in [0, 0.05) is 0 Å². The van der Waals surface area contributed by atoms with Crippen LogP contribution >= 0.6 is 0 Å². The van der Waals surface area contributed by atoms with Crippen LogP contribution in [-0.4, -0.2) is 0 Å². The van der Waals surface area contributed by atoms with Crippen LogP contribution in [0.3, 0.4) is 0 Å². The Hall–Kier alpha value is -1.04. The number of benzene rings is 1. The number of hydrogen-bond donors (Lipinski definition) is 0. The summed E-state index contributed by atoms with van der Waals surface area (Å²) in [6.45, 7) is 7.37. The van der Waals surface area contributed by atoms with E-state index in [9.17, 15) is 0 Å². The summed E-state index contributed by atoms with van der Waals surface area (Å²) in [7, 11) is 0. The zero-order valence-electron chi connectivity index (χ0n) is 6.04. The molecule has 1 aromatic carbocycles. The first kappa shape index (κ1) is 7.07. The Balaban J connectivity index is 2.87. The molecule has 10 heavy (non-hydrogen) atoms. The lowest BCUT2D eigenvalue weighted by atomic mass is 10.2. The van der Waals surface area contributed by atoms with Gasteiger partial charge in [0.2, 0.25) is 0 Å². The van der Waals surface area contributed by atoms with Crippen molar-refractivity contribution in [1.29, 1.82) is 0 Å². The van der Waals surface area contributed by atoms with E-state index in [4.69, 9.17) is 6.92 Å². The molecule has 0 fully saturated rings. The van der Waals surface area contributed by atoms with Crippen molar-refractivity contribution in [2.75, 3.05) is 0 Å². The fourth-order valence-electron chi connectivity index (χ4n) is 0.812. The molecule has 0 aliphatic heterocycles. The van der Waals surface area contributed by atoms with Crippen molar-refractivity contribution in [3.8, 4) is 0 Å². The molecule has 1 aromatic rings. The van der Waals surface area contributed by atoms with Crippen LogP contribution in [-0.2, 0) is 0 Å². The van der Waals surface area contributed by atoms with Crippen LogP contribution in [0.15, 0.2) is 35.9 Å². The van der Waals surface area contributed by atoms with Crippen LogP contribution in [0.4, 0.5) is 0 Å². The summed E-state index contributed by atoms with van der Waals surface area (Å²) in [5.74, 6) is 0. The third-order valence-electron chi connectivity index (χ3n) is 1.19. The van der Waals surface area contributed by atoms with Gasteiger partial charge in [-0.05, 0) is 19.4 Å². The summed E-state index contributed by atoms with van der Waals surface area (Å²) in [6, 6.07) is 10.0. The Labute approximate surface area is 62.2 Å². The number of rotatable bonds is 1. The monoisotopic (exact) mass is 130 g/mol. The van der Waals surface area contributed by atoms with Crippen molar-refractivity contribution in [3.63, 3.8) is 0 Å². The van der Waals surface area contributed by atoms with Gasteiger partial charge in [0.05, 0.1) is 0 Å². The van der Waals surface area contributed by atoms with E-state index < -0.39 is 0 Å². The van der Waals surface area contributed by atoms with Gasteiger partial charge in [0.15, 0.2) is 0 Å². The number of allylic oxidation sites excluding steroid dienone is 1. The second kappa shape index (κ2) is 3.21. The smallest absolute Gasteiger partial charge is 0.00594 e. The van der Waals surface area contributed by atoms with E-state index in [1.165, 1.54) is 0 Å². The number of hydrogen-bond acceptors (Lipinski definition) is 0. The average molecular weight is 130 g/mol. The lowest BCUT2D eigenvalue weighted by Gasteiger charge is -1.91. The van der Waals surface area contributed by atoms with Gasteiger partial charge >= 0.3 is 0 Å². The largest absolute Gasteiger partial charge is 0.0684 e. The second-order valence-electron chi connectivity index (χ2n) is 2.30.